The monoisotopic (exact) mass is 365 g/mol. The Bertz CT molecular complexity index is 1020. The molecule has 1 atom stereocenters. The van der Waals surface area contributed by atoms with Crippen molar-refractivity contribution >= 4 is 16.8 Å². The molecule has 6 heteroatoms. The molecule has 3 aromatic rings. The summed E-state index contributed by atoms with van der Waals surface area (Å²) in [5, 5.41) is 3.58. The molecule has 1 aliphatic heterocycles. The van der Waals surface area contributed by atoms with Crippen LogP contribution in [0.25, 0.3) is 10.9 Å². The van der Waals surface area contributed by atoms with E-state index in [1.807, 2.05) is 19.1 Å². The van der Waals surface area contributed by atoms with Crippen molar-refractivity contribution in [1.29, 1.82) is 0 Å². The zero-order valence-electron chi connectivity index (χ0n) is 15.4. The summed E-state index contributed by atoms with van der Waals surface area (Å²) in [4.78, 5) is 29.9. The first-order valence-electron chi connectivity index (χ1n) is 9.48. The second-order valence-electron chi connectivity index (χ2n) is 7.17. The molecule has 1 N–H and O–H groups in total. The fourth-order valence-electron chi connectivity index (χ4n) is 3.58. The van der Waals surface area contributed by atoms with Crippen molar-refractivity contribution in [3.8, 4) is 0 Å². The summed E-state index contributed by atoms with van der Waals surface area (Å²) in [6.07, 6.45) is 6.09. The maximum Gasteiger partial charge on any atom is 0.261 e. The highest BCUT2D eigenvalue weighted by Gasteiger charge is 2.16. The molecule has 3 heterocycles. The zero-order chi connectivity index (χ0) is 18.8. The number of carbonyl (C=O) groups is 1. The van der Waals surface area contributed by atoms with E-state index in [4.69, 9.17) is 4.42 Å². The molecule has 0 spiro atoms. The van der Waals surface area contributed by atoms with Crippen LogP contribution in [0.1, 0.15) is 48.1 Å². The molecule has 0 radical (unpaired) electrons. The minimum absolute atomic E-state index is 0.00604. The standard InChI is InChI=1S/C21H23N3O3/c1-14(7-9-16-5-4-12-27-16)22-20(25)15-8-10-17-18(13-15)23-19-6-2-3-11-24(19)21(17)26/h4-5,8,10,12-14H,2-3,6-7,9,11H2,1H3,(H,22,25)/t14-/m0/s1. The number of aromatic nitrogens is 2. The number of aryl methyl sites for hydroxylation is 2. The maximum absolute atomic E-state index is 12.6. The number of fused-ring (bicyclic) bond motifs is 2. The van der Waals surface area contributed by atoms with Gasteiger partial charge in [0.15, 0.2) is 0 Å². The van der Waals surface area contributed by atoms with Crippen molar-refractivity contribution in [2.45, 2.75) is 51.6 Å². The molecule has 27 heavy (non-hydrogen) atoms. The van der Waals surface area contributed by atoms with Gasteiger partial charge >= 0.3 is 0 Å². The van der Waals surface area contributed by atoms with Crippen LogP contribution in [0.2, 0.25) is 0 Å². The minimum atomic E-state index is -0.150. The van der Waals surface area contributed by atoms with E-state index in [1.165, 1.54) is 0 Å². The van der Waals surface area contributed by atoms with Gasteiger partial charge in [0, 0.05) is 31.0 Å². The highest BCUT2D eigenvalue weighted by atomic mass is 16.3. The first-order valence-corrected chi connectivity index (χ1v) is 9.48. The molecule has 140 valence electrons. The van der Waals surface area contributed by atoms with Crippen LogP contribution in [-0.4, -0.2) is 21.5 Å². The fourth-order valence-corrected chi connectivity index (χ4v) is 3.58. The van der Waals surface area contributed by atoms with E-state index in [2.05, 4.69) is 10.3 Å². The van der Waals surface area contributed by atoms with E-state index in [1.54, 1.807) is 29.0 Å². The Morgan fingerprint density at radius 1 is 1.33 bits per heavy atom. The smallest absolute Gasteiger partial charge is 0.261 e. The van der Waals surface area contributed by atoms with Crippen LogP contribution in [0.15, 0.2) is 45.8 Å². The summed E-state index contributed by atoms with van der Waals surface area (Å²) in [5.74, 6) is 1.59. The van der Waals surface area contributed by atoms with E-state index >= 15 is 0 Å². The molecule has 2 aromatic heterocycles. The summed E-state index contributed by atoms with van der Waals surface area (Å²) in [7, 11) is 0. The Morgan fingerprint density at radius 3 is 3.04 bits per heavy atom. The van der Waals surface area contributed by atoms with Crippen LogP contribution >= 0.6 is 0 Å². The lowest BCUT2D eigenvalue weighted by Gasteiger charge is -2.18. The average molecular weight is 365 g/mol. The molecule has 1 amide bonds. The number of hydrogen-bond acceptors (Lipinski definition) is 4. The molecular weight excluding hydrogens is 342 g/mol. The topological polar surface area (TPSA) is 77.1 Å². The number of furan rings is 1. The van der Waals surface area contributed by atoms with Crippen LogP contribution in [0.4, 0.5) is 0 Å². The van der Waals surface area contributed by atoms with E-state index in [9.17, 15) is 9.59 Å². The summed E-state index contributed by atoms with van der Waals surface area (Å²) in [6.45, 7) is 2.70. The summed E-state index contributed by atoms with van der Waals surface area (Å²) >= 11 is 0. The van der Waals surface area contributed by atoms with Crippen molar-refractivity contribution in [3.05, 3.63) is 64.1 Å². The van der Waals surface area contributed by atoms with Crippen LogP contribution in [0.5, 0.6) is 0 Å². The van der Waals surface area contributed by atoms with Gasteiger partial charge in [-0.25, -0.2) is 4.98 Å². The molecular formula is C21H23N3O3. The highest BCUT2D eigenvalue weighted by Crippen LogP contribution is 2.16. The quantitative estimate of drug-likeness (QED) is 0.754. The molecule has 0 fully saturated rings. The summed E-state index contributed by atoms with van der Waals surface area (Å²) in [6, 6.07) is 8.95. The molecule has 0 aliphatic carbocycles. The third kappa shape index (κ3) is 3.65. The van der Waals surface area contributed by atoms with E-state index in [0.717, 1.165) is 50.2 Å². The highest BCUT2D eigenvalue weighted by molar-refractivity contribution is 5.97. The summed E-state index contributed by atoms with van der Waals surface area (Å²) in [5.41, 5.74) is 1.12. The predicted molar refractivity (Wildman–Crippen MR) is 103 cm³/mol. The van der Waals surface area contributed by atoms with Gasteiger partial charge in [-0.15, -0.1) is 0 Å². The lowest BCUT2D eigenvalue weighted by atomic mass is 10.1. The zero-order valence-corrected chi connectivity index (χ0v) is 15.4. The third-order valence-electron chi connectivity index (χ3n) is 5.11. The minimum Gasteiger partial charge on any atom is -0.469 e. The largest absolute Gasteiger partial charge is 0.469 e. The summed E-state index contributed by atoms with van der Waals surface area (Å²) < 4.78 is 7.09. The average Bonchev–Trinajstić information content (AvgIpc) is 3.20. The molecule has 0 saturated heterocycles. The number of hydrogen-bond donors (Lipinski definition) is 1. The Morgan fingerprint density at radius 2 is 2.22 bits per heavy atom. The second kappa shape index (κ2) is 7.39. The van der Waals surface area contributed by atoms with Gasteiger partial charge in [-0.3, -0.25) is 14.2 Å². The fraction of sp³-hybridized carbons (Fsp3) is 0.381. The Balaban J connectivity index is 1.51. The molecule has 1 aromatic carbocycles. The van der Waals surface area contributed by atoms with Crippen molar-refractivity contribution in [3.63, 3.8) is 0 Å². The van der Waals surface area contributed by atoms with E-state index in [-0.39, 0.29) is 17.5 Å². The molecule has 0 bridgehead atoms. The molecule has 0 saturated carbocycles. The third-order valence-corrected chi connectivity index (χ3v) is 5.11. The van der Waals surface area contributed by atoms with Crippen molar-refractivity contribution in [2.24, 2.45) is 0 Å². The van der Waals surface area contributed by atoms with E-state index < -0.39 is 0 Å². The Labute approximate surface area is 157 Å². The van der Waals surface area contributed by atoms with Crippen molar-refractivity contribution in [1.82, 2.24) is 14.9 Å². The van der Waals surface area contributed by atoms with Crippen LogP contribution < -0.4 is 10.9 Å². The second-order valence-corrected chi connectivity index (χ2v) is 7.17. The van der Waals surface area contributed by atoms with Crippen LogP contribution in [0, 0.1) is 0 Å². The van der Waals surface area contributed by atoms with Crippen molar-refractivity contribution < 1.29 is 9.21 Å². The van der Waals surface area contributed by atoms with Gasteiger partial charge in [0.25, 0.3) is 11.5 Å². The first kappa shape index (κ1) is 17.5. The van der Waals surface area contributed by atoms with Crippen molar-refractivity contribution in [2.75, 3.05) is 0 Å². The predicted octanol–water partition coefficient (Wildman–Crippen LogP) is 3.08. The number of rotatable bonds is 5. The van der Waals surface area contributed by atoms with Crippen LogP contribution in [0.3, 0.4) is 0 Å². The van der Waals surface area contributed by atoms with Crippen LogP contribution in [-0.2, 0) is 19.4 Å². The lowest BCUT2D eigenvalue weighted by Crippen LogP contribution is -2.33. The lowest BCUT2D eigenvalue weighted by molar-refractivity contribution is 0.0938. The molecule has 4 rings (SSSR count). The van der Waals surface area contributed by atoms with Gasteiger partial charge in [0.1, 0.15) is 11.6 Å². The number of amides is 1. The SMILES string of the molecule is C[C@@H](CCc1ccco1)NC(=O)c1ccc2c(=O)n3c(nc2c1)CCCC3. The number of nitrogens with one attached hydrogen (secondary N) is 1. The van der Waals surface area contributed by atoms with Gasteiger partial charge in [0.05, 0.1) is 17.2 Å². The molecule has 0 unspecified atom stereocenters. The molecule has 1 aliphatic rings. The van der Waals surface area contributed by atoms with Gasteiger partial charge in [-0.05, 0) is 56.5 Å². The normalized spacial score (nSPS) is 14.7. The number of carbonyl (C=O) groups excluding carboxylic acids is 1. The maximum atomic E-state index is 12.6. The van der Waals surface area contributed by atoms with E-state index in [0.29, 0.717) is 16.5 Å². The van der Waals surface area contributed by atoms with Gasteiger partial charge in [-0.1, -0.05) is 0 Å². The Kier molecular flexibility index (Phi) is 4.79. The van der Waals surface area contributed by atoms with Gasteiger partial charge < -0.3 is 9.73 Å². The first-order chi connectivity index (χ1) is 13.1. The van der Waals surface area contributed by atoms with Gasteiger partial charge in [0.2, 0.25) is 0 Å². The number of nitrogens with zero attached hydrogens (tertiary/aromatic N) is 2. The van der Waals surface area contributed by atoms with Gasteiger partial charge in [-0.2, -0.15) is 0 Å². The Hall–Kier alpha value is -2.89. The number of benzene rings is 1. The molecule has 6 nitrogen and oxygen atoms in total.